The Kier molecular flexibility index (Phi) is 4.97. The fraction of sp³-hybridized carbons (Fsp3) is 0.263. The van der Waals surface area contributed by atoms with Gasteiger partial charge < -0.3 is 15.5 Å². The number of aryl methyl sites for hydroxylation is 1. The summed E-state index contributed by atoms with van der Waals surface area (Å²) >= 11 is 1.60. The van der Waals surface area contributed by atoms with Gasteiger partial charge in [0.2, 0.25) is 11.9 Å². The van der Waals surface area contributed by atoms with Gasteiger partial charge >= 0.3 is 0 Å². The Labute approximate surface area is 161 Å². The van der Waals surface area contributed by atoms with E-state index in [1.807, 2.05) is 11.1 Å². The molecule has 0 spiro atoms. The Morgan fingerprint density at radius 2 is 2.04 bits per heavy atom. The van der Waals surface area contributed by atoms with E-state index in [0.29, 0.717) is 12.5 Å². The van der Waals surface area contributed by atoms with Crippen LogP contribution in [0.1, 0.15) is 12.0 Å². The molecule has 27 heavy (non-hydrogen) atoms. The molecule has 7 nitrogen and oxygen atoms in total. The van der Waals surface area contributed by atoms with E-state index in [1.165, 1.54) is 0 Å². The smallest absolute Gasteiger partial charge is 0.239 e. The number of amides is 1. The fourth-order valence-electron chi connectivity index (χ4n) is 3.00. The van der Waals surface area contributed by atoms with Crippen molar-refractivity contribution >= 4 is 34.0 Å². The molecule has 0 atom stereocenters. The highest BCUT2D eigenvalue weighted by atomic mass is 32.1. The van der Waals surface area contributed by atoms with Crippen LogP contribution in [0.4, 0.5) is 16.8 Å². The lowest BCUT2D eigenvalue weighted by Gasteiger charge is -2.17. The first-order valence-corrected chi connectivity index (χ1v) is 9.62. The summed E-state index contributed by atoms with van der Waals surface area (Å²) in [4.78, 5) is 27.9. The van der Waals surface area contributed by atoms with Crippen LogP contribution in [0.3, 0.4) is 0 Å². The molecule has 1 saturated heterocycles. The molecular weight excluding hydrogens is 360 g/mol. The van der Waals surface area contributed by atoms with E-state index in [2.05, 4.69) is 50.7 Å². The van der Waals surface area contributed by atoms with Gasteiger partial charge in [-0.3, -0.25) is 4.79 Å². The van der Waals surface area contributed by atoms with Gasteiger partial charge in [0.05, 0.1) is 11.4 Å². The van der Waals surface area contributed by atoms with Gasteiger partial charge in [-0.25, -0.2) is 15.0 Å². The summed E-state index contributed by atoms with van der Waals surface area (Å²) < 4.78 is 0. The largest absolute Gasteiger partial charge is 0.354 e. The minimum absolute atomic E-state index is 0.0501. The summed E-state index contributed by atoms with van der Waals surface area (Å²) in [6.45, 7) is 3.97. The molecule has 0 radical (unpaired) electrons. The van der Waals surface area contributed by atoms with Crippen molar-refractivity contribution in [2.45, 2.75) is 13.3 Å². The van der Waals surface area contributed by atoms with Gasteiger partial charge in [0, 0.05) is 37.4 Å². The summed E-state index contributed by atoms with van der Waals surface area (Å²) in [6, 6.07) is 8.04. The summed E-state index contributed by atoms with van der Waals surface area (Å²) in [6.07, 6.45) is 6.22. The number of hydrogen-bond acceptors (Lipinski definition) is 7. The van der Waals surface area contributed by atoms with Crippen LogP contribution in [0.25, 0.3) is 10.4 Å². The molecule has 1 fully saturated rings. The van der Waals surface area contributed by atoms with Crippen LogP contribution in [0.2, 0.25) is 0 Å². The number of benzene rings is 1. The average molecular weight is 380 g/mol. The lowest BCUT2D eigenvalue weighted by atomic mass is 10.1. The summed E-state index contributed by atoms with van der Waals surface area (Å²) in [5, 5.41) is 7.01. The van der Waals surface area contributed by atoms with E-state index >= 15 is 0 Å². The molecule has 4 rings (SSSR count). The summed E-state index contributed by atoms with van der Waals surface area (Å²) in [5.41, 5.74) is 3.15. The molecular formula is C19H20N6OS. The van der Waals surface area contributed by atoms with Crippen LogP contribution >= 0.6 is 11.3 Å². The van der Waals surface area contributed by atoms with Crippen molar-refractivity contribution in [1.82, 2.24) is 20.3 Å². The number of thiazole rings is 1. The van der Waals surface area contributed by atoms with Gasteiger partial charge in [0.1, 0.15) is 0 Å². The Bertz CT molecular complexity index is 942. The summed E-state index contributed by atoms with van der Waals surface area (Å²) in [7, 11) is 0. The first-order valence-electron chi connectivity index (χ1n) is 8.81. The van der Waals surface area contributed by atoms with E-state index in [9.17, 15) is 4.79 Å². The maximum atomic E-state index is 11.8. The number of anilines is 3. The average Bonchev–Trinajstić information content (AvgIpc) is 3.05. The third-order valence-corrected chi connectivity index (χ3v) is 5.32. The number of aromatic nitrogens is 3. The molecule has 1 aliphatic heterocycles. The SMILES string of the molecule is Cc1cc(Nc2ncccn2)cc(-c2cnc(N3CCCNC(=O)C3)s2)c1. The minimum Gasteiger partial charge on any atom is -0.354 e. The van der Waals surface area contributed by atoms with E-state index in [4.69, 9.17) is 0 Å². The minimum atomic E-state index is 0.0501. The molecule has 0 unspecified atom stereocenters. The predicted molar refractivity (Wildman–Crippen MR) is 107 cm³/mol. The van der Waals surface area contributed by atoms with E-state index in [0.717, 1.165) is 46.3 Å². The summed E-state index contributed by atoms with van der Waals surface area (Å²) in [5.74, 6) is 0.615. The van der Waals surface area contributed by atoms with Crippen LogP contribution in [-0.2, 0) is 4.79 Å². The number of rotatable bonds is 4. The Morgan fingerprint density at radius 1 is 1.19 bits per heavy atom. The van der Waals surface area contributed by atoms with Crippen molar-refractivity contribution in [2.75, 3.05) is 29.9 Å². The second-order valence-corrected chi connectivity index (χ2v) is 7.43. The van der Waals surface area contributed by atoms with Crippen molar-refractivity contribution in [2.24, 2.45) is 0 Å². The second kappa shape index (κ2) is 7.71. The third-order valence-electron chi connectivity index (χ3n) is 4.21. The van der Waals surface area contributed by atoms with Crippen LogP contribution in [0.5, 0.6) is 0 Å². The topological polar surface area (TPSA) is 83.0 Å². The molecule has 0 bridgehead atoms. The molecule has 2 aromatic heterocycles. The molecule has 1 amide bonds. The quantitative estimate of drug-likeness (QED) is 0.724. The first-order chi connectivity index (χ1) is 13.2. The van der Waals surface area contributed by atoms with Gasteiger partial charge in [-0.05, 0) is 42.7 Å². The maximum Gasteiger partial charge on any atom is 0.239 e. The normalized spacial score (nSPS) is 14.6. The zero-order chi connectivity index (χ0) is 18.6. The zero-order valence-corrected chi connectivity index (χ0v) is 15.8. The van der Waals surface area contributed by atoms with Crippen LogP contribution in [-0.4, -0.2) is 40.5 Å². The van der Waals surface area contributed by atoms with E-state index < -0.39 is 0 Å². The second-order valence-electron chi connectivity index (χ2n) is 6.42. The monoisotopic (exact) mass is 380 g/mol. The maximum absolute atomic E-state index is 11.8. The first kappa shape index (κ1) is 17.4. The lowest BCUT2D eigenvalue weighted by molar-refractivity contribution is -0.119. The zero-order valence-electron chi connectivity index (χ0n) is 15.0. The molecule has 2 N–H and O–H groups in total. The van der Waals surface area contributed by atoms with Gasteiger partial charge in [-0.2, -0.15) is 0 Å². The Balaban J connectivity index is 1.58. The molecule has 1 aromatic carbocycles. The van der Waals surface area contributed by atoms with Crippen molar-refractivity contribution in [1.29, 1.82) is 0 Å². The van der Waals surface area contributed by atoms with Crippen molar-refractivity contribution < 1.29 is 4.79 Å². The number of nitrogens with zero attached hydrogens (tertiary/aromatic N) is 4. The molecule has 138 valence electrons. The van der Waals surface area contributed by atoms with Crippen LogP contribution in [0.15, 0.2) is 42.9 Å². The highest BCUT2D eigenvalue weighted by Crippen LogP contribution is 2.33. The Hall–Kier alpha value is -3.00. The molecule has 3 aromatic rings. The molecule has 3 heterocycles. The number of nitrogens with one attached hydrogen (secondary N) is 2. The molecule has 1 aliphatic rings. The van der Waals surface area contributed by atoms with E-state index in [-0.39, 0.29) is 5.91 Å². The molecule has 8 heteroatoms. The van der Waals surface area contributed by atoms with Crippen molar-refractivity contribution in [3.63, 3.8) is 0 Å². The van der Waals surface area contributed by atoms with Gasteiger partial charge in [0.25, 0.3) is 0 Å². The van der Waals surface area contributed by atoms with Crippen LogP contribution in [0, 0.1) is 6.92 Å². The number of hydrogen-bond donors (Lipinski definition) is 2. The van der Waals surface area contributed by atoms with Crippen molar-refractivity contribution in [3.05, 3.63) is 48.4 Å². The number of carbonyl (C=O) groups excluding carboxylic acids is 1. The van der Waals surface area contributed by atoms with E-state index in [1.54, 1.807) is 29.8 Å². The van der Waals surface area contributed by atoms with Gasteiger partial charge in [-0.1, -0.05) is 17.4 Å². The fourth-order valence-corrected chi connectivity index (χ4v) is 3.93. The van der Waals surface area contributed by atoms with Gasteiger partial charge in [-0.15, -0.1) is 0 Å². The third kappa shape index (κ3) is 4.22. The highest BCUT2D eigenvalue weighted by molar-refractivity contribution is 7.18. The van der Waals surface area contributed by atoms with Crippen molar-refractivity contribution in [3.8, 4) is 10.4 Å². The molecule has 0 aliphatic carbocycles. The standard InChI is InChI=1S/C19H20N6OS/c1-13-8-14(10-15(9-13)24-18-21-4-2-5-22-18)16-11-23-19(27-16)25-7-3-6-20-17(26)12-25/h2,4-5,8-11H,3,6-7,12H2,1H3,(H,20,26)(H,21,22,24). The predicted octanol–water partition coefficient (Wildman–Crippen LogP) is 2.98. The lowest BCUT2D eigenvalue weighted by Crippen LogP contribution is -2.32. The number of carbonyl (C=O) groups is 1. The van der Waals surface area contributed by atoms with Crippen LogP contribution < -0.4 is 15.5 Å². The Morgan fingerprint density at radius 3 is 2.89 bits per heavy atom. The molecule has 0 saturated carbocycles. The van der Waals surface area contributed by atoms with Gasteiger partial charge in [0.15, 0.2) is 5.13 Å². The highest BCUT2D eigenvalue weighted by Gasteiger charge is 2.18.